The lowest BCUT2D eigenvalue weighted by Crippen LogP contribution is -2.29. The fourth-order valence-electron chi connectivity index (χ4n) is 5.01. The Hall–Kier alpha value is -4.17. The van der Waals surface area contributed by atoms with E-state index in [0.717, 1.165) is 28.3 Å². The molecule has 1 saturated heterocycles. The summed E-state index contributed by atoms with van der Waals surface area (Å²) in [5.74, 6) is -0.260. The Morgan fingerprint density at radius 3 is 2.42 bits per heavy atom. The maximum atomic E-state index is 12.5. The number of benzene rings is 2. The SMILES string of the molecule is COC(=O)c1ccccc1-n1c(C)cc(C2C(c3ccccn3)NC(=S)N2c2ccccc2O)c1C. The van der Waals surface area contributed by atoms with Crippen LogP contribution in [0.2, 0.25) is 0 Å². The first kappa shape index (κ1) is 23.6. The second-order valence-electron chi connectivity index (χ2n) is 8.66. The lowest BCUT2D eigenvalue weighted by molar-refractivity contribution is 0.0600. The van der Waals surface area contributed by atoms with E-state index >= 15 is 0 Å². The van der Waals surface area contributed by atoms with Gasteiger partial charge in [0.1, 0.15) is 5.75 Å². The molecule has 8 heteroatoms. The number of methoxy groups -OCH3 is 1. The van der Waals surface area contributed by atoms with Crippen LogP contribution in [0.15, 0.2) is 79.0 Å². The number of aromatic hydroxyl groups is 1. The summed E-state index contributed by atoms with van der Waals surface area (Å²) < 4.78 is 7.10. The first-order valence-corrected chi connectivity index (χ1v) is 12.0. The normalized spacial score (nSPS) is 17.2. The molecule has 0 amide bonds. The number of nitrogens with one attached hydrogen (secondary N) is 1. The van der Waals surface area contributed by atoms with Crippen molar-refractivity contribution in [2.24, 2.45) is 0 Å². The summed E-state index contributed by atoms with van der Waals surface area (Å²) in [6.45, 7) is 4.03. The Bertz CT molecular complexity index is 1450. The Morgan fingerprint density at radius 2 is 1.72 bits per heavy atom. The molecule has 0 radical (unpaired) electrons. The van der Waals surface area contributed by atoms with Gasteiger partial charge in [-0.3, -0.25) is 4.98 Å². The van der Waals surface area contributed by atoms with Crippen molar-refractivity contribution in [2.75, 3.05) is 12.0 Å². The van der Waals surface area contributed by atoms with E-state index in [-0.39, 0.29) is 17.8 Å². The van der Waals surface area contributed by atoms with Crippen LogP contribution in [0.5, 0.6) is 5.75 Å². The standard InChI is InChI=1S/C28H26N4O3S/c1-17-16-20(18(2)31(17)22-12-5-4-10-19(22)27(34)35-3)26-25(21-11-8-9-15-29-21)30-28(36)32(26)23-13-6-7-14-24(23)33/h4-16,25-26,33H,1-3H3,(H,30,36). The van der Waals surface area contributed by atoms with Gasteiger partial charge in [0.25, 0.3) is 0 Å². The number of hydrogen-bond donors (Lipinski definition) is 2. The maximum absolute atomic E-state index is 12.5. The third-order valence-electron chi connectivity index (χ3n) is 6.58. The summed E-state index contributed by atoms with van der Waals surface area (Å²) in [5, 5.41) is 14.7. The molecule has 1 fully saturated rings. The number of rotatable bonds is 5. The zero-order chi connectivity index (χ0) is 25.4. The number of esters is 1. The number of anilines is 1. The van der Waals surface area contributed by atoms with E-state index in [2.05, 4.69) is 20.9 Å². The Kier molecular flexibility index (Phi) is 6.20. The number of aromatic nitrogens is 2. The van der Waals surface area contributed by atoms with Gasteiger partial charge in [-0.2, -0.15) is 0 Å². The minimum Gasteiger partial charge on any atom is -0.506 e. The number of carbonyl (C=O) groups is 1. The number of hydrogen-bond acceptors (Lipinski definition) is 5. The van der Waals surface area contributed by atoms with Gasteiger partial charge < -0.3 is 24.6 Å². The molecule has 2 N–H and O–H groups in total. The predicted octanol–water partition coefficient (Wildman–Crippen LogP) is 5.16. The number of pyridine rings is 1. The van der Waals surface area contributed by atoms with Gasteiger partial charge in [-0.1, -0.05) is 30.3 Å². The monoisotopic (exact) mass is 498 g/mol. The van der Waals surface area contributed by atoms with Gasteiger partial charge in [0.15, 0.2) is 5.11 Å². The molecule has 0 saturated carbocycles. The van der Waals surface area contributed by atoms with Crippen LogP contribution < -0.4 is 10.2 Å². The van der Waals surface area contributed by atoms with Gasteiger partial charge in [0.2, 0.25) is 0 Å². The van der Waals surface area contributed by atoms with E-state index in [4.69, 9.17) is 17.0 Å². The van der Waals surface area contributed by atoms with Gasteiger partial charge in [0.05, 0.1) is 41.8 Å². The molecule has 3 heterocycles. The fraction of sp³-hybridized carbons (Fsp3) is 0.179. The molecular formula is C28H26N4O3S. The number of carbonyl (C=O) groups excluding carboxylic acids is 1. The summed E-state index contributed by atoms with van der Waals surface area (Å²) in [6.07, 6.45) is 1.76. The molecule has 5 rings (SSSR count). The number of ether oxygens (including phenoxy) is 1. The topological polar surface area (TPSA) is 79.6 Å². The van der Waals surface area contributed by atoms with E-state index < -0.39 is 5.97 Å². The lowest BCUT2D eigenvalue weighted by Gasteiger charge is -2.28. The van der Waals surface area contributed by atoms with E-state index in [1.807, 2.05) is 67.3 Å². The van der Waals surface area contributed by atoms with Crippen LogP contribution >= 0.6 is 12.2 Å². The highest BCUT2D eigenvalue weighted by Gasteiger charge is 2.43. The van der Waals surface area contributed by atoms with E-state index in [1.165, 1.54) is 7.11 Å². The molecular weight excluding hydrogens is 472 g/mol. The highest BCUT2D eigenvalue weighted by molar-refractivity contribution is 7.80. The molecule has 2 atom stereocenters. The highest BCUT2D eigenvalue weighted by Crippen LogP contribution is 2.45. The lowest BCUT2D eigenvalue weighted by atomic mass is 9.96. The molecule has 7 nitrogen and oxygen atoms in total. The summed E-state index contributed by atoms with van der Waals surface area (Å²) in [5.41, 5.74) is 5.56. The minimum absolute atomic E-state index is 0.137. The van der Waals surface area contributed by atoms with Gasteiger partial charge >= 0.3 is 5.97 Å². The Balaban J connectivity index is 1.71. The van der Waals surface area contributed by atoms with Gasteiger partial charge in [-0.05, 0) is 74.1 Å². The van der Waals surface area contributed by atoms with Crippen LogP contribution in [0.1, 0.15) is 45.1 Å². The third kappa shape index (κ3) is 3.89. The van der Waals surface area contributed by atoms with Crippen molar-refractivity contribution in [3.8, 4) is 11.4 Å². The second kappa shape index (κ2) is 9.47. The second-order valence-corrected chi connectivity index (χ2v) is 9.04. The van der Waals surface area contributed by atoms with Gasteiger partial charge in [-0.25, -0.2) is 4.79 Å². The first-order valence-electron chi connectivity index (χ1n) is 11.6. The van der Waals surface area contributed by atoms with Crippen molar-refractivity contribution < 1.29 is 14.6 Å². The molecule has 2 aromatic heterocycles. The molecule has 2 unspecified atom stereocenters. The smallest absolute Gasteiger partial charge is 0.339 e. The van der Waals surface area contributed by atoms with Crippen LogP contribution in [0.25, 0.3) is 5.69 Å². The number of aryl methyl sites for hydroxylation is 1. The number of nitrogens with zero attached hydrogens (tertiary/aromatic N) is 3. The molecule has 0 aliphatic carbocycles. The third-order valence-corrected chi connectivity index (χ3v) is 6.89. The van der Waals surface area contributed by atoms with Crippen molar-refractivity contribution >= 4 is 29.0 Å². The molecule has 2 aromatic carbocycles. The molecule has 1 aliphatic rings. The molecule has 0 spiro atoms. The number of phenolic OH excluding ortho intramolecular Hbond substituents is 1. The van der Waals surface area contributed by atoms with Crippen molar-refractivity contribution in [1.82, 2.24) is 14.9 Å². The molecule has 182 valence electrons. The highest BCUT2D eigenvalue weighted by atomic mass is 32.1. The molecule has 36 heavy (non-hydrogen) atoms. The first-order chi connectivity index (χ1) is 17.4. The Morgan fingerprint density at radius 1 is 1.03 bits per heavy atom. The molecule has 4 aromatic rings. The quantitative estimate of drug-likeness (QED) is 0.291. The number of thiocarbonyl (C=S) groups is 1. The summed E-state index contributed by atoms with van der Waals surface area (Å²) in [6, 6.07) is 21.9. The average Bonchev–Trinajstić information content (AvgIpc) is 3.39. The summed E-state index contributed by atoms with van der Waals surface area (Å²) in [7, 11) is 1.38. The number of phenols is 1. The largest absolute Gasteiger partial charge is 0.506 e. The van der Waals surface area contributed by atoms with Crippen LogP contribution in [0.4, 0.5) is 5.69 Å². The summed E-state index contributed by atoms with van der Waals surface area (Å²) in [4.78, 5) is 19.1. The van der Waals surface area contributed by atoms with E-state index in [0.29, 0.717) is 16.4 Å². The van der Waals surface area contributed by atoms with Gasteiger partial charge in [0, 0.05) is 17.6 Å². The van der Waals surface area contributed by atoms with E-state index in [9.17, 15) is 9.90 Å². The van der Waals surface area contributed by atoms with Gasteiger partial charge in [-0.15, -0.1) is 0 Å². The summed E-state index contributed by atoms with van der Waals surface area (Å²) >= 11 is 5.79. The van der Waals surface area contributed by atoms with Crippen LogP contribution in [-0.4, -0.2) is 32.8 Å². The molecule has 1 aliphatic heterocycles. The van der Waals surface area contributed by atoms with Crippen molar-refractivity contribution in [3.05, 3.63) is 107 Å². The minimum atomic E-state index is -0.398. The average molecular weight is 499 g/mol. The van der Waals surface area contributed by atoms with Crippen molar-refractivity contribution in [3.63, 3.8) is 0 Å². The van der Waals surface area contributed by atoms with E-state index in [1.54, 1.807) is 24.4 Å². The number of para-hydroxylation sites is 3. The Labute approximate surface area is 215 Å². The van der Waals surface area contributed by atoms with Crippen molar-refractivity contribution in [2.45, 2.75) is 25.9 Å². The van der Waals surface area contributed by atoms with Crippen LogP contribution in [-0.2, 0) is 4.74 Å². The maximum Gasteiger partial charge on any atom is 0.339 e. The molecule has 0 bridgehead atoms. The fourth-order valence-corrected chi connectivity index (χ4v) is 5.35. The van der Waals surface area contributed by atoms with Crippen LogP contribution in [0, 0.1) is 13.8 Å². The predicted molar refractivity (Wildman–Crippen MR) is 143 cm³/mol. The zero-order valence-electron chi connectivity index (χ0n) is 20.2. The van der Waals surface area contributed by atoms with Crippen molar-refractivity contribution in [1.29, 1.82) is 0 Å². The van der Waals surface area contributed by atoms with Crippen LogP contribution in [0.3, 0.4) is 0 Å². The zero-order valence-corrected chi connectivity index (χ0v) is 21.0.